The molecule has 8 heteroatoms. The first-order chi connectivity index (χ1) is 15.9. The third-order valence-electron chi connectivity index (χ3n) is 6.47. The number of ether oxygens (including phenoxy) is 2. The van der Waals surface area contributed by atoms with Gasteiger partial charge >= 0.3 is 0 Å². The summed E-state index contributed by atoms with van der Waals surface area (Å²) in [6.45, 7) is 1.84. The van der Waals surface area contributed by atoms with Gasteiger partial charge in [-0.3, -0.25) is 4.79 Å². The number of rotatable bonds is 4. The van der Waals surface area contributed by atoms with Gasteiger partial charge in [-0.25, -0.2) is 0 Å². The van der Waals surface area contributed by atoms with Crippen LogP contribution < -0.4 is 14.8 Å². The number of methoxy groups -OCH3 is 2. The Kier molecular flexibility index (Phi) is 5.00. The number of nitrogens with one attached hydrogen (secondary N) is 1. The summed E-state index contributed by atoms with van der Waals surface area (Å²) in [7, 11) is 2.99. The van der Waals surface area contributed by atoms with Crippen LogP contribution in [0.5, 0.6) is 23.0 Å². The molecule has 0 saturated carbocycles. The fourth-order valence-electron chi connectivity index (χ4n) is 4.88. The molecule has 1 aromatic heterocycles. The van der Waals surface area contributed by atoms with Crippen molar-refractivity contribution in [3.05, 3.63) is 70.1 Å². The Bertz CT molecular complexity index is 1290. The minimum absolute atomic E-state index is 0.00339. The maximum Gasteiger partial charge on any atom is 0.233 e. The van der Waals surface area contributed by atoms with Crippen molar-refractivity contribution >= 4 is 11.7 Å². The van der Waals surface area contributed by atoms with Crippen molar-refractivity contribution in [1.29, 1.82) is 0 Å². The number of aryl methyl sites for hydroxylation is 1. The van der Waals surface area contributed by atoms with Gasteiger partial charge in [0.25, 0.3) is 0 Å². The van der Waals surface area contributed by atoms with Gasteiger partial charge in [0.05, 0.1) is 25.5 Å². The molecule has 0 bridgehead atoms. The average Bonchev–Trinajstić information content (AvgIpc) is 3.18. The standard InChI is InChI=1S/C25H24N2O6/c1-12-22-23(14-5-7-20(31-2)18(29)9-14)24-16(26-25(22)33-27-12)8-15(10-19(24)30)13-4-6-17(28)21(11-13)32-3/h4-7,9,11,15,23,26,28-29H,8,10H2,1-3H3/t15-,23+/m1/s1. The Balaban J connectivity index is 1.60. The quantitative estimate of drug-likeness (QED) is 0.539. The Labute approximate surface area is 190 Å². The number of carbonyl (C=O) groups is 1. The van der Waals surface area contributed by atoms with Crippen molar-refractivity contribution in [3.8, 4) is 23.0 Å². The maximum absolute atomic E-state index is 13.6. The highest BCUT2D eigenvalue weighted by molar-refractivity contribution is 6.01. The SMILES string of the molecule is COc1ccc([C@@H]2C3=C(C[C@@H](c4ccc(O)c(OC)c4)CC3=O)Nc3onc(C)c32)cc1O. The summed E-state index contributed by atoms with van der Waals surface area (Å²) in [6.07, 6.45) is 0.888. The van der Waals surface area contributed by atoms with E-state index in [0.717, 1.165) is 22.4 Å². The highest BCUT2D eigenvalue weighted by Gasteiger charge is 2.41. The third-order valence-corrected chi connectivity index (χ3v) is 6.47. The van der Waals surface area contributed by atoms with E-state index in [9.17, 15) is 15.0 Å². The van der Waals surface area contributed by atoms with E-state index in [-0.39, 0.29) is 23.2 Å². The van der Waals surface area contributed by atoms with E-state index in [4.69, 9.17) is 14.0 Å². The second-order valence-electron chi connectivity index (χ2n) is 8.35. The van der Waals surface area contributed by atoms with E-state index in [1.807, 2.05) is 19.1 Å². The summed E-state index contributed by atoms with van der Waals surface area (Å²) in [6, 6.07) is 10.3. The van der Waals surface area contributed by atoms with Crippen molar-refractivity contribution in [3.63, 3.8) is 0 Å². The number of aromatic nitrogens is 1. The van der Waals surface area contributed by atoms with Crippen molar-refractivity contribution < 1.29 is 29.0 Å². The lowest BCUT2D eigenvalue weighted by molar-refractivity contribution is -0.116. The highest BCUT2D eigenvalue weighted by Crippen LogP contribution is 2.50. The van der Waals surface area contributed by atoms with Crippen LogP contribution in [0.3, 0.4) is 0 Å². The van der Waals surface area contributed by atoms with Crippen LogP contribution >= 0.6 is 0 Å². The van der Waals surface area contributed by atoms with Crippen molar-refractivity contribution in [2.75, 3.05) is 19.5 Å². The van der Waals surface area contributed by atoms with Gasteiger partial charge in [-0.2, -0.15) is 0 Å². The molecule has 0 spiro atoms. The monoisotopic (exact) mass is 448 g/mol. The predicted octanol–water partition coefficient (Wildman–Crippen LogP) is 4.37. The Morgan fingerprint density at radius 3 is 2.48 bits per heavy atom. The minimum atomic E-state index is -0.415. The van der Waals surface area contributed by atoms with E-state index in [1.54, 1.807) is 24.3 Å². The third kappa shape index (κ3) is 3.38. The molecule has 8 nitrogen and oxygen atoms in total. The lowest BCUT2D eigenvalue weighted by Crippen LogP contribution is -2.29. The number of carbonyl (C=O) groups excluding carboxylic acids is 1. The zero-order chi connectivity index (χ0) is 23.3. The Morgan fingerprint density at radius 1 is 1.00 bits per heavy atom. The van der Waals surface area contributed by atoms with E-state index in [0.29, 0.717) is 41.5 Å². The zero-order valence-electron chi connectivity index (χ0n) is 18.5. The van der Waals surface area contributed by atoms with E-state index in [2.05, 4.69) is 10.5 Å². The molecule has 2 atom stereocenters. The van der Waals surface area contributed by atoms with Gasteiger partial charge in [-0.1, -0.05) is 17.3 Å². The van der Waals surface area contributed by atoms with Crippen LogP contribution in [0, 0.1) is 6.92 Å². The summed E-state index contributed by atoms with van der Waals surface area (Å²) in [5.74, 6) is 0.798. The average molecular weight is 448 g/mol. The van der Waals surface area contributed by atoms with E-state index >= 15 is 0 Å². The molecule has 0 fully saturated rings. The molecule has 5 rings (SSSR count). The number of fused-ring (bicyclic) bond motifs is 1. The van der Waals surface area contributed by atoms with Gasteiger partial charge in [0.1, 0.15) is 0 Å². The molecule has 33 heavy (non-hydrogen) atoms. The van der Waals surface area contributed by atoms with Gasteiger partial charge in [0.15, 0.2) is 28.8 Å². The fourth-order valence-corrected chi connectivity index (χ4v) is 4.88. The summed E-state index contributed by atoms with van der Waals surface area (Å²) in [5, 5.41) is 27.7. The lowest BCUT2D eigenvalue weighted by Gasteiger charge is -2.34. The van der Waals surface area contributed by atoms with Crippen molar-refractivity contribution in [2.45, 2.75) is 31.6 Å². The molecule has 170 valence electrons. The number of phenolic OH excluding ortho intramolecular Hbond substituents is 2. The second-order valence-corrected chi connectivity index (χ2v) is 8.35. The van der Waals surface area contributed by atoms with Crippen molar-refractivity contribution in [1.82, 2.24) is 5.16 Å². The lowest BCUT2D eigenvalue weighted by atomic mass is 9.72. The zero-order valence-corrected chi connectivity index (χ0v) is 18.5. The molecule has 3 aromatic rings. The number of hydrogen-bond donors (Lipinski definition) is 3. The van der Waals surface area contributed by atoms with E-state index < -0.39 is 5.92 Å². The van der Waals surface area contributed by atoms with Gasteiger partial charge in [-0.05, 0) is 54.7 Å². The van der Waals surface area contributed by atoms with Crippen molar-refractivity contribution in [2.24, 2.45) is 0 Å². The summed E-state index contributed by atoms with van der Waals surface area (Å²) in [5.41, 5.74) is 4.56. The first-order valence-corrected chi connectivity index (χ1v) is 10.6. The fraction of sp³-hybridized carbons (Fsp3) is 0.280. The minimum Gasteiger partial charge on any atom is -0.504 e. The Hall–Kier alpha value is -3.94. The molecule has 2 aliphatic rings. The topological polar surface area (TPSA) is 114 Å². The highest BCUT2D eigenvalue weighted by atomic mass is 16.5. The van der Waals surface area contributed by atoms with E-state index in [1.165, 1.54) is 14.2 Å². The summed E-state index contributed by atoms with van der Waals surface area (Å²) in [4.78, 5) is 13.6. The largest absolute Gasteiger partial charge is 0.504 e. The molecule has 2 heterocycles. The molecule has 1 aliphatic carbocycles. The van der Waals surface area contributed by atoms with Gasteiger partial charge in [-0.15, -0.1) is 0 Å². The molecule has 2 aromatic carbocycles. The molecule has 3 N–H and O–H groups in total. The van der Waals surface area contributed by atoms with Gasteiger partial charge in [0, 0.05) is 23.6 Å². The molecule has 0 saturated heterocycles. The normalized spacial score (nSPS) is 19.5. The predicted molar refractivity (Wildman–Crippen MR) is 120 cm³/mol. The number of anilines is 1. The van der Waals surface area contributed by atoms with Crippen LogP contribution in [0.1, 0.15) is 47.1 Å². The van der Waals surface area contributed by atoms with Crippen LogP contribution in [0.25, 0.3) is 0 Å². The molecule has 0 radical (unpaired) electrons. The molecule has 0 unspecified atom stereocenters. The molecule has 0 amide bonds. The number of nitrogens with zero attached hydrogens (tertiary/aromatic N) is 1. The smallest absolute Gasteiger partial charge is 0.233 e. The number of phenols is 2. The maximum atomic E-state index is 13.6. The number of benzene rings is 2. The van der Waals surface area contributed by atoms with Crippen LogP contribution in [-0.4, -0.2) is 35.4 Å². The number of Topliss-reactive ketones (excluding diaryl/α,β-unsaturated/α-hetero) is 1. The Morgan fingerprint density at radius 2 is 1.76 bits per heavy atom. The number of aromatic hydroxyl groups is 2. The number of allylic oxidation sites excluding steroid dienone is 2. The van der Waals surface area contributed by atoms with Crippen LogP contribution in [0.4, 0.5) is 5.88 Å². The number of hydrogen-bond acceptors (Lipinski definition) is 8. The second kappa shape index (κ2) is 7.88. The van der Waals surface area contributed by atoms with Crippen LogP contribution in [0.15, 0.2) is 52.2 Å². The van der Waals surface area contributed by atoms with Gasteiger partial charge in [0.2, 0.25) is 5.88 Å². The molecule has 1 aliphatic heterocycles. The molecular weight excluding hydrogens is 424 g/mol. The first-order valence-electron chi connectivity index (χ1n) is 10.6. The summed E-state index contributed by atoms with van der Waals surface area (Å²) >= 11 is 0. The molecular formula is C25H24N2O6. The number of ketones is 1. The first kappa shape index (κ1) is 20.9. The van der Waals surface area contributed by atoms with Crippen LogP contribution in [0.2, 0.25) is 0 Å². The summed E-state index contributed by atoms with van der Waals surface area (Å²) < 4.78 is 16.0. The van der Waals surface area contributed by atoms with Crippen LogP contribution in [-0.2, 0) is 4.79 Å². The van der Waals surface area contributed by atoms with Gasteiger partial charge < -0.3 is 29.5 Å².